The van der Waals surface area contributed by atoms with Crippen LogP contribution in [-0.2, 0) is 5.88 Å². The molecule has 0 radical (unpaired) electrons. The molecule has 4 nitrogen and oxygen atoms in total. The molecule has 0 saturated carbocycles. The quantitative estimate of drug-likeness (QED) is 0.720. The lowest BCUT2D eigenvalue weighted by Crippen LogP contribution is -2.14. The summed E-state index contributed by atoms with van der Waals surface area (Å²) in [5, 5.41) is 4.11. The average Bonchev–Trinajstić information content (AvgIpc) is 2.31. The molecule has 0 bridgehead atoms. The summed E-state index contributed by atoms with van der Waals surface area (Å²) in [6.07, 6.45) is 4.93. The number of halogens is 1. The van der Waals surface area contributed by atoms with E-state index in [2.05, 4.69) is 10.1 Å². The van der Waals surface area contributed by atoms with Crippen LogP contribution >= 0.6 is 11.6 Å². The second-order valence-corrected chi connectivity index (χ2v) is 3.18. The Hall–Kier alpha value is -1.68. The van der Waals surface area contributed by atoms with Crippen LogP contribution < -0.4 is 5.43 Å². The molecule has 0 unspecified atom stereocenters. The molecule has 0 fully saturated rings. The first-order valence-electron chi connectivity index (χ1n) is 4.36. The van der Waals surface area contributed by atoms with Gasteiger partial charge >= 0.3 is 0 Å². The summed E-state index contributed by atoms with van der Waals surface area (Å²) in [5.41, 5.74) is 1.04. The molecule has 0 amide bonds. The summed E-state index contributed by atoms with van der Waals surface area (Å²) in [7, 11) is 0. The van der Waals surface area contributed by atoms with E-state index in [1.165, 1.54) is 6.07 Å². The van der Waals surface area contributed by atoms with Crippen LogP contribution in [0.15, 0.2) is 41.6 Å². The van der Waals surface area contributed by atoms with Crippen molar-refractivity contribution >= 4 is 11.6 Å². The van der Waals surface area contributed by atoms with Gasteiger partial charge in [0.15, 0.2) is 0 Å². The zero-order valence-corrected chi connectivity index (χ0v) is 8.55. The predicted molar refractivity (Wildman–Crippen MR) is 57.2 cm³/mol. The van der Waals surface area contributed by atoms with Crippen LogP contribution in [-0.4, -0.2) is 14.8 Å². The summed E-state index contributed by atoms with van der Waals surface area (Å²) in [4.78, 5) is 15.2. The van der Waals surface area contributed by atoms with Crippen LogP contribution in [0.4, 0.5) is 0 Å². The van der Waals surface area contributed by atoms with E-state index in [-0.39, 0.29) is 11.3 Å². The predicted octanol–water partition coefficient (Wildman–Crippen LogP) is 1.37. The first kappa shape index (κ1) is 9.86. The summed E-state index contributed by atoms with van der Waals surface area (Å²) in [6.45, 7) is 0. The van der Waals surface area contributed by atoms with Gasteiger partial charge in [-0.1, -0.05) is 0 Å². The van der Waals surface area contributed by atoms with Gasteiger partial charge < -0.3 is 0 Å². The molecule has 5 heteroatoms. The van der Waals surface area contributed by atoms with Gasteiger partial charge in [0.2, 0.25) is 5.43 Å². The number of rotatable bonds is 2. The van der Waals surface area contributed by atoms with Gasteiger partial charge in [-0.05, 0) is 12.1 Å². The highest BCUT2D eigenvalue weighted by molar-refractivity contribution is 6.16. The molecule has 76 valence electrons. The Labute approximate surface area is 91.2 Å². The minimum Gasteiger partial charge on any atom is -0.288 e. The molecule has 2 aromatic rings. The standard InChI is InChI=1S/C10H8ClN3O/c11-7-9-10(15)3-6-14(13-9)8-1-4-12-5-2-8/h1-6H,7H2. The molecule has 0 aliphatic carbocycles. The SMILES string of the molecule is O=c1ccn(-c2ccncc2)nc1CCl. The van der Waals surface area contributed by atoms with Crippen molar-refractivity contribution in [2.45, 2.75) is 5.88 Å². The Morgan fingerprint density at radius 1 is 1.27 bits per heavy atom. The molecule has 0 aliphatic rings. The summed E-state index contributed by atoms with van der Waals surface area (Å²) < 4.78 is 1.60. The van der Waals surface area contributed by atoms with Gasteiger partial charge in [0.05, 0.1) is 11.6 Å². The smallest absolute Gasteiger partial charge is 0.204 e. The normalized spacial score (nSPS) is 10.2. The van der Waals surface area contributed by atoms with Gasteiger partial charge in [-0.3, -0.25) is 9.78 Å². The van der Waals surface area contributed by atoms with Crippen molar-refractivity contribution < 1.29 is 0 Å². The summed E-state index contributed by atoms with van der Waals surface area (Å²) >= 11 is 5.60. The number of alkyl halides is 1. The van der Waals surface area contributed by atoms with Gasteiger partial charge in [0, 0.05) is 24.7 Å². The van der Waals surface area contributed by atoms with E-state index in [0.717, 1.165) is 5.69 Å². The lowest BCUT2D eigenvalue weighted by molar-refractivity contribution is 0.803. The summed E-state index contributed by atoms with van der Waals surface area (Å²) in [6, 6.07) is 5.05. The van der Waals surface area contributed by atoms with Gasteiger partial charge in [-0.2, -0.15) is 5.10 Å². The monoisotopic (exact) mass is 221 g/mol. The maximum atomic E-state index is 11.3. The number of aromatic nitrogens is 3. The molecule has 0 saturated heterocycles. The first-order chi connectivity index (χ1) is 7.31. The fraction of sp³-hybridized carbons (Fsp3) is 0.100. The van der Waals surface area contributed by atoms with Crippen molar-refractivity contribution in [3.63, 3.8) is 0 Å². The van der Waals surface area contributed by atoms with Gasteiger partial charge in [-0.25, -0.2) is 4.68 Å². The number of pyridine rings is 1. The zero-order chi connectivity index (χ0) is 10.7. The van der Waals surface area contributed by atoms with E-state index in [1.54, 1.807) is 35.4 Å². The molecule has 0 N–H and O–H groups in total. The van der Waals surface area contributed by atoms with Crippen LogP contribution in [0.3, 0.4) is 0 Å². The minimum absolute atomic E-state index is 0.116. The highest BCUT2D eigenvalue weighted by Gasteiger charge is 2.01. The second-order valence-electron chi connectivity index (χ2n) is 2.91. The van der Waals surface area contributed by atoms with Gasteiger partial charge in [-0.15, -0.1) is 11.6 Å². The van der Waals surface area contributed by atoms with E-state index < -0.39 is 0 Å². The number of nitrogens with zero attached hydrogens (tertiary/aromatic N) is 3. The van der Waals surface area contributed by atoms with Crippen molar-refractivity contribution in [3.8, 4) is 5.69 Å². The molecule has 0 aromatic carbocycles. The minimum atomic E-state index is -0.143. The van der Waals surface area contributed by atoms with Gasteiger partial charge in [0.1, 0.15) is 5.69 Å². The van der Waals surface area contributed by atoms with E-state index in [1.807, 2.05) is 0 Å². The highest BCUT2D eigenvalue weighted by Crippen LogP contribution is 2.02. The van der Waals surface area contributed by atoms with Crippen LogP contribution in [0.25, 0.3) is 5.69 Å². The Morgan fingerprint density at radius 2 is 2.00 bits per heavy atom. The Bertz CT molecular complexity index is 510. The largest absolute Gasteiger partial charge is 0.288 e. The Balaban J connectivity index is 2.51. The third-order valence-electron chi connectivity index (χ3n) is 1.93. The van der Waals surface area contributed by atoms with E-state index in [4.69, 9.17) is 11.6 Å². The molecular formula is C10H8ClN3O. The van der Waals surface area contributed by atoms with Crippen molar-refractivity contribution in [2.75, 3.05) is 0 Å². The Morgan fingerprint density at radius 3 is 2.67 bits per heavy atom. The van der Waals surface area contributed by atoms with Crippen molar-refractivity contribution in [1.82, 2.24) is 14.8 Å². The molecule has 0 atom stereocenters. The fourth-order valence-corrected chi connectivity index (χ4v) is 1.37. The molecular weight excluding hydrogens is 214 g/mol. The Kier molecular flexibility index (Phi) is 2.78. The van der Waals surface area contributed by atoms with Crippen LogP contribution in [0.2, 0.25) is 0 Å². The second kappa shape index (κ2) is 4.23. The fourth-order valence-electron chi connectivity index (χ4n) is 1.18. The topological polar surface area (TPSA) is 47.8 Å². The van der Waals surface area contributed by atoms with E-state index in [0.29, 0.717) is 5.69 Å². The highest BCUT2D eigenvalue weighted by atomic mass is 35.5. The van der Waals surface area contributed by atoms with Crippen LogP contribution in [0.1, 0.15) is 5.69 Å². The molecule has 2 rings (SSSR count). The molecule has 15 heavy (non-hydrogen) atoms. The maximum absolute atomic E-state index is 11.3. The molecule has 2 heterocycles. The average molecular weight is 222 g/mol. The zero-order valence-electron chi connectivity index (χ0n) is 7.80. The summed E-state index contributed by atoms with van der Waals surface area (Å²) in [5.74, 6) is 0.116. The van der Waals surface area contributed by atoms with E-state index >= 15 is 0 Å². The lowest BCUT2D eigenvalue weighted by atomic mass is 10.4. The lowest BCUT2D eigenvalue weighted by Gasteiger charge is -2.04. The number of hydrogen-bond acceptors (Lipinski definition) is 3. The van der Waals surface area contributed by atoms with Crippen molar-refractivity contribution in [1.29, 1.82) is 0 Å². The van der Waals surface area contributed by atoms with Crippen LogP contribution in [0.5, 0.6) is 0 Å². The molecule has 0 aliphatic heterocycles. The molecule has 0 spiro atoms. The van der Waals surface area contributed by atoms with E-state index in [9.17, 15) is 4.79 Å². The third-order valence-corrected chi connectivity index (χ3v) is 2.19. The van der Waals surface area contributed by atoms with Crippen molar-refractivity contribution in [2.24, 2.45) is 0 Å². The maximum Gasteiger partial charge on any atom is 0.204 e. The van der Waals surface area contributed by atoms with Crippen LogP contribution in [0, 0.1) is 0 Å². The molecule has 2 aromatic heterocycles. The first-order valence-corrected chi connectivity index (χ1v) is 4.90. The van der Waals surface area contributed by atoms with Gasteiger partial charge in [0.25, 0.3) is 0 Å². The number of hydrogen-bond donors (Lipinski definition) is 0. The van der Waals surface area contributed by atoms with Crippen molar-refractivity contribution in [3.05, 3.63) is 52.7 Å². The third kappa shape index (κ3) is 2.05.